The van der Waals surface area contributed by atoms with Crippen LogP contribution in [0.25, 0.3) is 21.5 Å². The SMILES string of the molecule is Cn1cc(CC(=O)NCc2cc(-c3cccs3)on2)c2ccccc21. The smallest absolute Gasteiger partial charge is 0.224 e. The molecule has 0 aliphatic heterocycles. The summed E-state index contributed by atoms with van der Waals surface area (Å²) in [6, 6.07) is 13.9. The predicted molar refractivity (Wildman–Crippen MR) is 98.3 cm³/mol. The number of carbonyl (C=O) groups is 1. The molecule has 126 valence electrons. The van der Waals surface area contributed by atoms with Gasteiger partial charge in [-0.05, 0) is 23.1 Å². The zero-order chi connectivity index (χ0) is 17.2. The Morgan fingerprint density at radius 3 is 3.00 bits per heavy atom. The molecule has 1 N–H and O–H groups in total. The maximum atomic E-state index is 12.3. The van der Waals surface area contributed by atoms with Gasteiger partial charge in [0.1, 0.15) is 5.69 Å². The van der Waals surface area contributed by atoms with Crippen molar-refractivity contribution in [3.63, 3.8) is 0 Å². The third-order valence-electron chi connectivity index (χ3n) is 4.12. The van der Waals surface area contributed by atoms with Gasteiger partial charge < -0.3 is 14.4 Å². The first-order chi connectivity index (χ1) is 12.2. The van der Waals surface area contributed by atoms with Gasteiger partial charge in [0.15, 0.2) is 5.76 Å². The number of hydrogen-bond donors (Lipinski definition) is 1. The third-order valence-corrected chi connectivity index (χ3v) is 5.00. The summed E-state index contributed by atoms with van der Waals surface area (Å²) in [5.41, 5.74) is 2.87. The topological polar surface area (TPSA) is 60.1 Å². The fraction of sp³-hybridized carbons (Fsp3) is 0.158. The number of thiophene rings is 1. The predicted octanol–water partition coefficient (Wildman–Crippen LogP) is 3.75. The molecule has 6 heteroatoms. The van der Waals surface area contributed by atoms with E-state index in [4.69, 9.17) is 4.52 Å². The van der Waals surface area contributed by atoms with Crippen LogP contribution in [0.1, 0.15) is 11.3 Å². The molecular formula is C19H17N3O2S. The minimum Gasteiger partial charge on any atom is -0.355 e. The number of rotatable bonds is 5. The second-order valence-electron chi connectivity index (χ2n) is 5.90. The van der Waals surface area contributed by atoms with Crippen molar-refractivity contribution in [2.75, 3.05) is 0 Å². The van der Waals surface area contributed by atoms with Crippen molar-refractivity contribution >= 4 is 28.1 Å². The van der Waals surface area contributed by atoms with Crippen LogP contribution in [0.15, 0.2) is 58.6 Å². The average Bonchev–Trinajstić information content (AvgIpc) is 3.34. The van der Waals surface area contributed by atoms with Crippen molar-refractivity contribution in [2.45, 2.75) is 13.0 Å². The van der Waals surface area contributed by atoms with E-state index >= 15 is 0 Å². The molecule has 4 aromatic rings. The van der Waals surface area contributed by atoms with E-state index in [0.29, 0.717) is 13.0 Å². The van der Waals surface area contributed by atoms with E-state index in [2.05, 4.69) is 16.5 Å². The number of nitrogens with zero attached hydrogens (tertiary/aromatic N) is 2. The lowest BCUT2D eigenvalue weighted by Crippen LogP contribution is -2.24. The van der Waals surface area contributed by atoms with Gasteiger partial charge in [0, 0.05) is 30.2 Å². The summed E-state index contributed by atoms with van der Waals surface area (Å²) in [6.45, 7) is 0.360. The number of aryl methyl sites for hydroxylation is 1. The largest absolute Gasteiger partial charge is 0.355 e. The Morgan fingerprint density at radius 1 is 1.28 bits per heavy atom. The van der Waals surface area contributed by atoms with E-state index in [1.54, 1.807) is 11.3 Å². The van der Waals surface area contributed by atoms with Crippen molar-refractivity contribution in [3.8, 4) is 10.6 Å². The fourth-order valence-corrected chi connectivity index (χ4v) is 3.59. The Labute approximate surface area is 148 Å². The molecule has 25 heavy (non-hydrogen) atoms. The highest BCUT2D eigenvalue weighted by Gasteiger charge is 2.12. The minimum atomic E-state index is -0.0305. The lowest BCUT2D eigenvalue weighted by Gasteiger charge is -2.02. The van der Waals surface area contributed by atoms with E-state index in [1.165, 1.54) is 0 Å². The fourth-order valence-electron chi connectivity index (χ4n) is 2.92. The summed E-state index contributed by atoms with van der Waals surface area (Å²) in [6.07, 6.45) is 2.35. The molecule has 1 aromatic carbocycles. The normalized spacial score (nSPS) is 11.1. The maximum absolute atomic E-state index is 12.3. The zero-order valence-electron chi connectivity index (χ0n) is 13.7. The molecule has 0 fully saturated rings. The second-order valence-corrected chi connectivity index (χ2v) is 6.84. The van der Waals surface area contributed by atoms with Crippen LogP contribution in [0.2, 0.25) is 0 Å². The van der Waals surface area contributed by atoms with Gasteiger partial charge >= 0.3 is 0 Å². The molecular weight excluding hydrogens is 334 g/mol. The van der Waals surface area contributed by atoms with Crippen LogP contribution in [0.3, 0.4) is 0 Å². The van der Waals surface area contributed by atoms with Gasteiger partial charge in [0.25, 0.3) is 0 Å². The van der Waals surface area contributed by atoms with E-state index in [0.717, 1.165) is 32.8 Å². The molecule has 0 radical (unpaired) electrons. The highest BCUT2D eigenvalue weighted by molar-refractivity contribution is 7.13. The molecule has 0 aliphatic carbocycles. The lowest BCUT2D eigenvalue weighted by atomic mass is 10.1. The van der Waals surface area contributed by atoms with Crippen molar-refractivity contribution in [1.29, 1.82) is 0 Å². The highest BCUT2D eigenvalue weighted by Crippen LogP contribution is 2.25. The number of aromatic nitrogens is 2. The molecule has 0 saturated heterocycles. The number of fused-ring (bicyclic) bond motifs is 1. The molecule has 0 spiro atoms. The Hall–Kier alpha value is -2.86. The second kappa shape index (κ2) is 6.57. The van der Waals surface area contributed by atoms with Crippen molar-refractivity contribution < 1.29 is 9.32 Å². The first-order valence-electron chi connectivity index (χ1n) is 8.00. The van der Waals surface area contributed by atoms with Gasteiger partial charge in [-0.1, -0.05) is 29.4 Å². The van der Waals surface area contributed by atoms with Gasteiger partial charge in [0.05, 0.1) is 17.8 Å². The van der Waals surface area contributed by atoms with Crippen LogP contribution in [-0.2, 0) is 24.8 Å². The van der Waals surface area contributed by atoms with Crippen LogP contribution in [-0.4, -0.2) is 15.6 Å². The summed E-state index contributed by atoms with van der Waals surface area (Å²) in [4.78, 5) is 13.3. The standard InChI is InChI=1S/C19H17N3O2S/c1-22-12-13(15-5-2-3-6-16(15)22)9-19(23)20-11-14-10-17(24-21-14)18-7-4-8-25-18/h2-8,10,12H,9,11H2,1H3,(H,20,23). The van der Waals surface area contributed by atoms with Crippen LogP contribution < -0.4 is 5.32 Å². The number of carbonyl (C=O) groups excluding carboxylic acids is 1. The Balaban J connectivity index is 1.41. The van der Waals surface area contributed by atoms with Crippen molar-refractivity contribution in [3.05, 3.63) is 65.3 Å². The first-order valence-corrected chi connectivity index (χ1v) is 8.88. The van der Waals surface area contributed by atoms with E-state index in [1.807, 2.05) is 59.6 Å². The molecule has 3 heterocycles. The molecule has 3 aromatic heterocycles. The number of nitrogens with one attached hydrogen (secondary N) is 1. The number of benzene rings is 1. The molecule has 0 saturated carbocycles. The number of hydrogen-bond acceptors (Lipinski definition) is 4. The summed E-state index contributed by atoms with van der Waals surface area (Å²) in [5, 5.41) is 10.0. The molecule has 0 unspecified atom stereocenters. The molecule has 0 aliphatic rings. The third kappa shape index (κ3) is 3.21. The summed E-state index contributed by atoms with van der Waals surface area (Å²) in [5.74, 6) is 0.699. The summed E-state index contributed by atoms with van der Waals surface area (Å²) >= 11 is 1.60. The van der Waals surface area contributed by atoms with E-state index in [-0.39, 0.29) is 5.91 Å². The molecule has 0 bridgehead atoms. The van der Waals surface area contributed by atoms with Gasteiger partial charge in [-0.25, -0.2) is 0 Å². The van der Waals surface area contributed by atoms with Crippen LogP contribution >= 0.6 is 11.3 Å². The zero-order valence-corrected chi connectivity index (χ0v) is 14.5. The van der Waals surface area contributed by atoms with Crippen molar-refractivity contribution in [1.82, 2.24) is 15.0 Å². The molecule has 1 amide bonds. The number of amides is 1. The Kier molecular flexibility index (Phi) is 4.11. The monoisotopic (exact) mass is 351 g/mol. The molecule has 5 nitrogen and oxygen atoms in total. The Bertz CT molecular complexity index is 1010. The van der Waals surface area contributed by atoms with Gasteiger partial charge in [-0.2, -0.15) is 0 Å². The van der Waals surface area contributed by atoms with Gasteiger partial charge in [-0.15, -0.1) is 11.3 Å². The minimum absolute atomic E-state index is 0.0305. The summed E-state index contributed by atoms with van der Waals surface area (Å²) < 4.78 is 7.37. The summed E-state index contributed by atoms with van der Waals surface area (Å²) in [7, 11) is 1.99. The van der Waals surface area contributed by atoms with Crippen LogP contribution in [0.4, 0.5) is 0 Å². The van der Waals surface area contributed by atoms with Crippen LogP contribution in [0.5, 0.6) is 0 Å². The average molecular weight is 351 g/mol. The van der Waals surface area contributed by atoms with Crippen molar-refractivity contribution in [2.24, 2.45) is 7.05 Å². The lowest BCUT2D eigenvalue weighted by molar-refractivity contribution is -0.120. The molecule has 0 atom stereocenters. The van der Waals surface area contributed by atoms with Crippen LogP contribution in [0, 0.1) is 0 Å². The van der Waals surface area contributed by atoms with E-state index < -0.39 is 0 Å². The highest BCUT2D eigenvalue weighted by atomic mass is 32.1. The van der Waals surface area contributed by atoms with E-state index in [9.17, 15) is 4.79 Å². The van der Waals surface area contributed by atoms with Gasteiger partial charge in [-0.3, -0.25) is 4.79 Å². The van der Waals surface area contributed by atoms with Gasteiger partial charge in [0.2, 0.25) is 5.91 Å². The molecule has 4 rings (SSSR count). The quantitative estimate of drug-likeness (QED) is 0.596. The Morgan fingerprint density at radius 2 is 2.16 bits per heavy atom. The number of para-hydroxylation sites is 1. The first kappa shape index (κ1) is 15.7. The maximum Gasteiger partial charge on any atom is 0.224 e.